The summed E-state index contributed by atoms with van der Waals surface area (Å²) >= 11 is 0. The molecule has 0 unspecified atom stereocenters. The highest BCUT2D eigenvalue weighted by molar-refractivity contribution is 5.94. The fraction of sp³-hybridized carbons (Fsp3) is 0.294. The number of anilines is 1. The van der Waals surface area contributed by atoms with Crippen molar-refractivity contribution in [1.29, 1.82) is 0 Å². The predicted molar refractivity (Wildman–Crippen MR) is 88.2 cm³/mol. The topological polar surface area (TPSA) is 95.4 Å². The van der Waals surface area contributed by atoms with Crippen LogP contribution in [0.1, 0.15) is 38.6 Å². The zero-order valence-corrected chi connectivity index (χ0v) is 13.3. The van der Waals surface area contributed by atoms with Gasteiger partial charge in [-0.2, -0.15) is 0 Å². The average molecular weight is 326 g/mol. The first-order valence-electron chi connectivity index (χ1n) is 7.71. The van der Waals surface area contributed by atoms with Gasteiger partial charge in [0.05, 0.1) is 11.1 Å². The van der Waals surface area contributed by atoms with Gasteiger partial charge in [-0.1, -0.05) is 18.2 Å². The fourth-order valence-electron chi connectivity index (χ4n) is 3.00. The smallest absolute Gasteiger partial charge is 0.335 e. The molecule has 124 valence electrons. The Labute approximate surface area is 139 Å². The van der Waals surface area contributed by atoms with E-state index < -0.39 is 5.97 Å². The van der Waals surface area contributed by atoms with Crippen molar-refractivity contribution in [3.63, 3.8) is 0 Å². The summed E-state index contributed by atoms with van der Waals surface area (Å²) in [5.41, 5.74) is 1.52. The SMILES string of the molecule is CNc1ncc(C(=O)N2CC[C@@H](c3ccccc3C(=O)O)C2)cn1. The summed E-state index contributed by atoms with van der Waals surface area (Å²) in [6.07, 6.45) is 3.74. The molecule has 1 amide bonds. The molecule has 1 atom stereocenters. The lowest BCUT2D eigenvalue weighted by Gasteiger charge is -2.17. The molecule has 0 spiro atoms. The molecule has 2 heterocycles. The Balaban J connectivity index is 1.75. The summed E-state index contributed by atoms with van der Waals surface area (Å²) in [7, 11) is 1.71. The number of amides is 1. The van der Waals surface area contributed by atoms with Crippen LogP contribution in [0, 0.1) is 0 Å². The van der Waals surface area contributed by atoms with Crippen LogP contribution in [0.5, 0.6) is 0 Å². The minimum absolute atomic E-state index is 0.0266. The maximum atomic E-state index is 12.6. The minimum Gasteiger partial charge on any atom is -0.478 e. The molecule has 1 aliphatic heterocycles. The van der Waals surface area contributed by atoms with Crippen LogP contribution in [-0.2, 0) is 0 Å². The maximum Gasteiger partial charge on any atom is 0.335 e. The number of carboxylic acid groups (broad SMARTS) is 1. The standard InChI is InChI=1S/C17H18N4O3/c1-18-17-19-8-12(9-20-17)15(22)21-7-6-11(10-21)13-4-2-3-5-14(13)16(23)24/h2-5,8-9,11H,6-7,10H2,1H3,(H,23,24)(H,18,19,20)/t11-/m1/s1. The summed E-state index contributed by atoms with van der Waals surface area (Å²) in [6.45, 7) is 1.09. The number of nitrogens with one attached hydrogen (secondary N) is 1. The predicted octanol–water partition coefficient (Wildman–Crippen LogP) is 1.85. The molecule has 1 aromatic carbocycles. The first kappa shape index (κ1) is 15.9. The summed E-state index contributed by atoms with van der Waals surface area (Å²) < 4.78 is 0. The third-order valence-corrected chi connectivity index (χ3v) is 4.23. The molecule has 2 N–H and O–H groups in total. The van der Waals surface area contributed by atoms with Crippen LogP contribution in [-0.4, -0.2) is 52.0 Å². The van der Waals surface area contributed by atoms with Gasteiger partial charge in [-0.25, -0.2) is 14.8 Å². The number of carboxylic acids is 1. The zero-order chi connectivity index (χ0) is 17.1. The van der Waals surface area contributed by atoms with E-state index in [0.717, 1.165) is 12.0 Å². The Kier molecular flexibility index (Phi) is 4.41. The quantitative estimate of drug-likeness (QED) is 0.890. The molecule has 0 saturated carbocycles. The lowest BCUT2D eigenvalue weighted by atomic mass is 9.93. The highest BCUT2D eigenvalue weighted by Crippen LogP contribution is 2.30. The molecule has 0 radical (unpaired) electrons. The second-order valence-electron chi connectivity index (χ2n) is 5.67. The van der Waals surface area contributed by atoms with Crippen molar-refractivity contribution in [2.45, 2.75) is 12.3 Å². The van der Waals surface area contributed by atoms with E-state index >= 15 is 0 Å². The van der Waals surface area contributed by atoms with Crippen molar-refractivity contribution >= 4 is 17.8 Å². The van der Waals surface area contributed by atoms with Gasteiger partial charge in [-0.05, 0) is 18.1 Å². The number of hydrogen-bond donors (Lipinski definition) is 2. The summed E-state index contributed by atoms with van der Waals surface area (Å²) in [5.74, 6) is -0.584. The van der Waals surface area contributed by atoms with E-state index in [1.807, 2.05) is 12.1 Å². The van der Waals surface area contributed by atoms with Gasteiger partial charge in [0, 0.05) is 38.4 Å². The molecule has 1 aliphatic rings. The summed E-state index contributed by atoms with van der Waals surface area (Å²) in [4.78, 5) is 33.8. The fourth-order valence-corrected chi connectivity index (χ4v) is 3.00. The van der Waals surface area contributed by atoms with Gasteiger partial charge in [-0.15, -0.1) is 0 Å². The molecule has 2 aromatic rings. The molecule has 1 saturated heterocycles. The Morgan fingerprint density at radius 1 is 1.25 bits per heavy atom. The van der Waals surface area contributed by atoms with Crippen LogP contribution in [0.2, 0.25) is 0 Å². The molecule has 0 aliphatic carbocycles. The number of nitrogens with zero attached hydrogens (tertiary/aromatic N) is 3. The number of benzene rings is 1. The third kappa shape index (κ3) is 3.05. The zero-order valence-electron chi connectivity index (χ0n) is 13.3. The molecule has 3 rings (SSSR count). The second kappa shape index (κ2) is 6.66. The molecular weight excluding hydrogens is 308 g/mol. The van der Waals surface area contributed by atoms with E-state index in [1.54, 1.807) is 24.1 Å². The van der Waals surface area contributed by atoms with Crippen LogP contribution in [0.15, 0.2) is 36.7 Å². The largest absolute Gasteiger partial charge is 0.478 e. The van der Waals surface area contributed by atoms with Crippen molar-refractivity contribution in [2.24, 2.45) is 0 Å². The lowest BCUT2D eigenvalue weighted by Crippen LogP contribution is -2.28. The molecule has 24 heavy (non-hydrogen) atoms. The summed E-state index contributed by atoms with van der Waals surface area (Å²) in [6, 6.07) is 6.97. The van der Waals surface area contributed by atoms with Crippen LogP contribution in [0.3, 0.4) is 0 Å². The van der Waals surface area contributed by atoms with E-state index in [2.05, 4.69) is 15.3 Å². The third-order valence-electron chi connectivity index (χ3n) is 4.23. The monoisotopic (exact) mass is 326 g/mol. The maximum absolute atomic E-state index is 12.6. The summed E-state index contributed by atoms with van der Waals surface area (Å²) in [5, 5.41) is 12.1. The second-order valence-corrected chi connectivity index (χ2v) is 5.67. The number of aromatic carboxylic acids is 1. The first-order valence-corrected chi connectivity index (χ1v) is 7.71. The van der Waals surface area contributed by atoms with Crippen molar-refractivity contribution < 1.29 is 14.7 Å². The van der Waals surface area contributed by atoms with E-state index in [9.17, 15) is 14.7 Å². The van der Waals surface area contributed by atoms with Crippen molar-refractivity contribution in [2.75, 3.05) is 25.5 Å². The van der Waals surface area contributed by atoms with Crippen LogP contribution < -0.4 is 5.32 Å². The van der Waals surface area contributed by atoms with Crippen LogP contribution in [0.25, 0.3) is 0 Å². The number of rotatable bonds is 4. The Morgan fingerprint density at radius 3 is 2.62 bits per heavy atom. The Bertz CT molecular complexity index is 761. The number of hydrogen-bond acceptors (Lipinski definition) is 5. The number of carbonyl (C=O) groups excluding carboxylic acids is 1. The molecule has 7 nitrogen and oxygen atoms in total. The molecule has 7 heteroatoms. The molecular formula is C17H18N4O3. The number of aromatic nitrogens is 2. The number of carbonyl (C=O) groups is 2. The molecule has 1 fully saturated rings. The molecule has 1 aromatic heterocycles. The normalized spacial score (nSPS) is 16.9. The van der Waals surface area contributed by atoms with Crippen LogP contribution >= 0.6 is 0 Å². The highest BCUT2D eigenvalue weighted by atomic mass is 16.4. The number of likely N-dealkylation sites (tertiary alicyclic amines) is 1. The van der Waals surface area contributed by atoms with Gasteiger partial charge in [0.1, 0.15) is 0 Å². The van der Waals surface area contributed by atoms with Crippen molar-refractivity contribution in [3.8, 4) is 0 Å². The van der Waals surface area contributed by atoms with Gasteiger partial charge in [0.25, 0.3) is 5.91 Å². The van der Waals surface area contributed by atoms with Gasteiger partial charge < -0.3 is 15.3 Å². The lowest BCUT2D eigenvalue weighted by molar-refractivity contribution is 0.0695. The van der Waals surface area contributed by atoms with Crippen molar-refractivity contribution in [3.05, 3.63) is 53.3 Å². The first-order chi connectivity index (χ1) is 11.6. The van der Waals surface area contributed by atoms with E-state index in [0.29, 0.717) is 30.2 Å². The Morgan fingerprint density at radius 2 is 1.96 bits per heavy atom. The van der Waals surface area contributed by atoms with Gasteiger partial charge >= 0.3 is 5.97 Å². The minimum atomic E-state index is -0.938. The highest BCUT2D eigenvalue weighted by Gasteiger charge is 2.30. The van der Waals surface area contributed by atoms with Gasteiger partial charge in [0.2, 0.25) is 5.95 Å². The van der Waals surface area contributed by atoms with E-state index in [4.69, 9.17) is 0 Å². The van der Waals surface area contributed by atoms with E-state index in [-0.39, 0.29) is 11.8 Å². The van der Waals surface area contributed by atoms with Crippen LogP contribution in [0.4, 0.5) is 5.95 Å². The Hall–Kier alpha value is -2.96. The average Bonchev–Trinajstić information content (AvgIpc) is 3.11. The van der Waals surface area contributed by atoms with E-state index in [1.165, 1.54) is 12.4 Å². The van der Waals surface area contributed by atoms with Crippen molar-refractivity contribution in [1.82, 2.24) is 14.9 Å². The van der Waals surface area contributed by atoms with Gasteiger partial charge in [0.15, 0.2) is 0 Å². The van der Waals surface area contributed by atoms with Gasteiger partial charge in [-0.3, -0.25) is 4.79 Å². The molecule has 0 bridgehead atoms.